The lowest BCUT2D eigenvalue weighted by Gasteiger charge is -2.13. The van der Waals surface area contributed by atoms with E-state index in [2.05, 4.69) is 182 Å². The lowest BCUT2D eigenvalue weighted by atomic mass is 9.90. The molecule has 0 amide bonds. The number of hydrogen-bond acceptors (Lipinski definition) is 1. The zero-order chi connectivity index (χ0) is 32.3. The van der Waals surface area contributed by atoms with Crippen LogP contribution in [0, 0.1) is 0 Å². The number of rotatable bonds is 4. The molecule has 10 rings (SSSR count). The molecule has 0 nitrogen and oxygen atoms in total. The van der Waals surface area contributed by atoms with Gasteiger partial charge in [0.1, 0.15) is 0 Å². The van der Waals surface area contributed by atoms with E-state index in [9.17, 15) is 0 Å². The van der Waals surface area contributed by atoms with Crippen LogP contribution < -0.4 is 0 Å². The predicted octanol–water partition coefficient (Wildman–Crippen LogP) is 14.2. The van der Waals surface area contributed by atoms with E-state index in [0.717, 1.165) is 0 Å². The Morgan fingerprint density at radius 2 is 0.592 bits per heavy atom. The van der Waals surface area contributed by atoms with Gasteiger partial charge in [-0.1, -0.05) is 152 Å². The Kier molecular flexibility index (Phi) is 6.47. The zero-order valence-corrected chi connectivity index (χ0v) is 27.5. The molecule has 0 saturated heterocycles. The molecular formula is C48H30S. The zero-order valence-electron chi connectivity index (χ0n) is 26.7. The van der Waals surface area contributed by atoms with Gasteiger partial charge in [-0.2, -0.15) is 0 Å². The second-order valence-corrected chi connectivity index (χ2v) is 13.9. The molecule has 0 N–H and O–H groups in total. The Labute approximate surface area is 289 Å². The lowest BCUT2D eigenvalue weighted by Crippen LogP contribution is -1.86. The van der Waals surface area contributed by atoms with Gasteiger partial charge in [0.05, 0.1) is 0 Å². The normalized spacial score (nSPS) is 11.7. The van der Waals surface area contributed by atoms with Crippen molar-refractivity contribution < 1.29 is 0 Å². The Morgan fingerprint density at radius 1 is 0.224 bits per heavy atom. The van der Waals surface area contributed by atoms with E-state index in [1.165, 1.54) is 97.0 Å². The molecule has 0 spiro atoms. The molecule has 1 heterocycles. The molecule has 0 radical (unpaired) electrons. The largest absolute Gasteiger partial charge is 0.134 e. The molecule has 0 aliphatic rings. The summed E-state index contributed by atoms with van der Waals surface area (Å²) in [6.45, 7) is 0. The average Bonchev–Trinajstić information content (AvgIpc) is 3.57. The third-order valence-electron chi connectivity index (χ3n) is 10.0. The second kappa shape index (κ2) is 11.3. The van der Waals surface area contributed by atoms with Crippen molar-refractivity contribution >= 4 is 63.8 Å². The quantitative estimate of drug-likeness (QED) is 0.168. The van der Waals surface area contributed by atoms with Crippen LogP contribution in [0.2, 0.25) is 0 Å². The Bertz CT molecular complexity index is 2810. The molecule has 0 unspecified atom stereocenters. The Morgan fingerprint density at radius 3 is 1.08 bits per heavy atom. The summed E-state index contributed by atoms with van der Waals surface area (Å²) in [6.07, 6.45) is 0. The Balaban J connectivity index is 1.30. The van der Waals surface area contributed by atoms with Crippen LogP contribution in [-0.4, -0.2) is 0 Å². The number of hydrogen-bond donors (Lipinski definition) is 0. The van der Waals surface area contributed by atoms with Gasteiger partial charge in [-0.25, -0.2) is 0 Å². The summed E-state index contributed by atoms with van der Waals surface area (Å²) in [5.74, 6) is 0. The third-order valence-corrected chi connectivity index (χ3v) is 11.3. The maximum atomic E-state index is 2.44. The fourth-order valence-electron chi connectivity index (χ4n) is 7.70. The third kappa shape index (κ3) is 4.58. The minimum atomic E-state index is 1.23. The molecule has 228 valence electrons. The molecule has 9 aromatic carbocycles. The summed E-state index contributed by atoms with van der Waals surface area (Å²) in [7, 11) is 0. The van der Waals surface area contributed by atoms with Crippen molar-refractivity contribution in [1.82, 2.24) is 0 Å². The number of fused-ring (bicyclic) bond motifs is 9. The van der Waals surface area contributed by atoms with Crippen molar-refractivity contribution in [3.05, 3.63) is 182 Å². The van der Waals surface area contributed by atoms with Gasteiger partial charge in [-0.3, -0.25) is 0 Å². The first kappa shape index (κ1) is 28.0. The fourth-order valence-corrected chi connectivity index (χ4v) is 9.03. The van der Waals surface area contributed by atoms with Gasteiger partial charge in [0.25, 0.3) is 0 Å². The molecule has 0 atom stereocenters. The van der Waals surface area contributed by atoms with Crippen LogP contribution in [0.3, 0.4) is 0 Å². The first-order chi connectivity index (χ1) is 24.3. The first-order valence-electron chi connectivity index (χ1n) is 16.8. The predicted molar refractivity (Wildman–Crippen MR) is 214 cm³/mol. The van der Waals surface area contributed by atoms with Crippen LogP contribution in [0.5, 0.6) is 0 Å². The number of benzene rings is 9. The summed E-state index contributed by atoms with van der Waals surface area (Å²) < 4.78 is 2.65. The van der Waals surface area contributed by atoms with Crippen molar-refractivity contribution in [3.8, 4) is 44.5 Å². The van der Waals surface area contributed by atoms with Gasteiger partial charge >= 0.3 is 0 Å². The van der Waals surface area contributed by atoms with Crippen molar-refractivity contribution in [1.29, 1.82) is 0 Å². The van der Waals surface area contributed by atoms with Crippen LogP contribution in [0.4, 0.5) is 0 Å². The van der Waals surface area contributed by atoms with E-state index in [4.69, 9.17) is 0 Å². The summed E-state index contributed by atoms with van der Waals surface area (Å²) in [5, 5.41) is 10.4. The molecule has 0 aliphatic carbocycles. The van der Waals surface area contributed by atoms with Crippen LogP contribution in [0.1, 0.15) is 0 Å². The van der Waals surface area contributed by atoms with E-state index in [-0.39, 0.29) is 0 Å². The molecule has 1 aromatic heterocycles. The van der Waals surface area contributed by atoms with E-state index in [1.807, 2.05) is 11.3 Å². The van der Waals surface area contributed by atoms with E-state index < -0.39 is 0 Å². The summed E-state index contributed by atoms with van der Waals surface area (Å²) in [5.41, 5.74) is 9.97. The minimum absolute atomic E-state index is 1.23. The minimum Gasteiger partial charge on any atom is -0.134 e. The van der Waals surface area contributed by atoms with E-state index in [1.54, 1.807) is 0 Å². The average molecular weight is 639 g/mol. The van der Waals surface area contributed by atoms with Gasteiger partial charge in [-0.05, 0) is 96.0 Å². The fraction of sp³-hybridized carbons (Fsp3) is 0. The Hall–Kier alpha value is -6.02. The van der Waals surface area contributed by atoms with Crippen LogP contribution >= 0.6 is 11.3 Å². The smallest absolute Gasteiger partial charge is 0.0434 e. The second-order valence-electron chi connectivity index (χ2n) is 12.9. The highest BCUT2D eigenvalue weighted by Crippen LogP contribution is 2.48. The van der Waals surface area contributed by atoms with Gasteiger partial charge < -0.3 is 0 Å². The molecule has 0 fully saturated rings. The maximum absolute atomic E-state index is 2.44. The van der Waals surface area contributed by atoms with Crippen molar-refractivity contribution in [2.45, 2.75) is 0 Å². The van der Waals surface area contributed by atoms with Gasteiger partial charge in [-0.15, -0.1) is 11.3 Å². The standard InChI is InChI=1S/C48H30S/c1-4-14-31(15-5-1)35-27-42(32-16-6-2-7-17-32)47-45(29-35)46-30-36(28-43(48(46)49-47)33-18-8-3-9-19-33)34-24-25-41-39-22-11-10-20-37(39)38-21-12-13-23-40(38)44(41)26-34/h1-30H. The summed E-state index contributed by atoms with van der Waals surface area (Å²) in [6, 6.07) is 66.9. The number of thiophene rings is 1. The lowest BCUT2D eigenvalue weighted by molar-refractivity contribution is 1.63. The van der Waals surface area contributed by atoms with E-state index in [0.29, 0.717) is 0 Å². The maximum Gasteiger partial charge on any atom is 0.0434 e. The summed E-state index contributed by atoms with van der Waals surface area (Å²) >= 11 is 1.92. The van der Waals surface area contributed by atoms with E-state index >= 15 is 0 Å². The van der Waals surface area contributed by atoms with Gasteiger partial charge in [0.2, 0.25) is 0 Å². The molecule has 1 heteroatoms. The van der Waals surface area contributed by atoms with Gasteiger partial charge in [0.15, 0.2) is 0 Å². The molecule has 0 aliphatic heterocycles. The SMILES string of the molecule is c1ccc(-c2cc(-c3ccccc3)c3sc4c(-c5ccccc5)cc(-c5ccc6c7ccccc7c7ccccc7c6c5)cc4c3c2)cc1. The highest BCUT2D eigenvalue weighted by atomic mass is 32.1. The van der Waals surface area contributed by atoms with Crippen LogP contribution in [0.15, 0.2) is 182 Å². The van der Waals surface area contributed by atoms with Crippen molar-refractivity contribution in [3.63, 3.8) is 0 Å². The molecule has 0 saturated carbocycles. The summed E-state index contributed by atoms with van der Waals surface area (Å²) in [4.78, 5) is 0. The monoisotopic (exact) mass is 638 g/mol. The highest BCUT2D eigenvalue weighted by Gasteiger charge is 2.18. The molecule has 10 aromatic rings. The van der Waals surface area contributed by atoms with Crippen molar-refractivity contribution in [2.75, 3.05) is 0 Å². The molecule has 0 bridgehead atoms. The van der Waals surface area contributed by atoms with Crippen LogP contribution in [0.25, 0.3) is 97.0 Å². The van der Waals surface area contributed by atoms with Crippen LogP contribution in [-0.2, 0) is 0 Å². The topological polar surface area (TPSA) is 0 Å². The van der Waals surface area contributed by atoms with Crippen molar-refractivity contribution in [2.24, 2.45) is 0 Å². The first-order valence-corrected chi connectivity index (χ1v) is 17.7. The molecule has 49 heavy (non-hydrogen) atoms. The van der Waals surface area contributed by atoms with Gasteiger partial charge in [0, 0.05) is 31.3 Å². The molecular weight excluding hydrogens is 609 g/mol. The highest BCUT2D eigenvalue weighted by molar-refractivity contribution is 7.27.